The number of hydrogen-bond acceptors (Lipinski definition) is 4. The number of thiol groups is 2. The van der Waals surface area contributed by atoms with E-state index >= 15 is 0 Å². The van der Waals surface area contributed by atoms with Gasteiger partial charge in [0.25, 0.3) is 0 Å². The molecule has 0 radical (unpaired) electrons. The van der Waals surface area contributed by atoms with Gasteiger partial charge < -0.3 is 0 Å². The largest absolute Gasteiger partial charge is 0.179 e. The Kier molecular flexibility index (Phi) is 11.7. The molecule has 0 amide bonds. The number of hydrogen-bond donors (Lipinski definition) is 2. The molecule has 0 spiro atoms. The molecule has 0 bridgehead atoms. The summed E-state index contributed by atoms with van der Waals surface area (Å²) in [4.78, 5) is 0. The zero-order valence-corrected chi connectivity index (χ0v) is 11.0. The molecule has 0 aromatic carbocycles. The maximum atomic E-state index is 4.33. The second-order valence-corrected chi connectivity index (χ2v) is 5.84. The SMILES string of the molecule is CCCSC[C@H](CS)SCCS. The first-order valence-electron chi connectivity index (χ1n) is 4.26. The van der Waals surface area contributed by atoms with Crippen LogP contribution >= 0.6 is 48.8 Å². The first-order chi connectivity index (χ1) is 5.85. The minimum absolute atomic E-state index is 0.719. The van der Waals surface area contributed by atoms with Crippen molar-refractivity contribution in [3.8, 4) is 0 Å². The van der Waals surface area contributed by atoms with Gasteiger partial charge in [-0.1, -0.05) is 6.92 Å². The maximum absolute atomic E-state index is 4.33. The Morgan fingerprint density at radius 3 is 2.50 bits per heavy atom. The standard InChI is InChI=1S/C8H18S4/c1-2-4-11-7-8(6-10)12-5-3-9/h8-10H,2-7H2,1H3/t8-/m0/s1. The highest BCUT2D eigenvalue weighted by atomic mass is 32.2. The fourth-order valence-electron chi connectivity index (χ4n) is 0.732. The summed E-state index contributed by atoms with van der Waals surface area (Å²) in [5, 5.41) is 0.719. The molecule has 0 aromatic heterocycles. The average Bonchev–Trinajstić information content (AvgIpc) is 2.11. The van der Waals surface area contributed by atoms with Gasteiger partial charge in [-0.05, 0) is 17.9 Å². The van der Waals surface area contributed by atoms with Crippen molar-refractivity contribution in [3.05, 3.63) is 0 Å². The van der Waals surface area contributed by atoms with E-state index in [1.165, 1.54) is 17.9 Å². The highest BCUT2D eigenvalue weighted by Gasteiger charge is 2.05. The lowest BCUT2D eigenvalue weighted by Crippen LogP contribution is -2.09. The highest BCUT2D eigenvalue weighted by molar-refractivity contribution is 8.04. The summed E-state index contributed by atoms with van der Waals surface area (Å²) in [5.41, 5.74) is 0. The Morgan fingerprint density at radius 2 is 2.00 bits per heavy atom. The maximum Gasteiger partial charge on any atom is 0.0226 e. The van der Waals surface area contributed by atoms with E-state index in [0.29, 0.717) is 0 Å². The lowest BCUT2D eigenvalue weighted by Gasteiger charge is -2.12. The van der Waals surface area contributed by atoms with Crippen molar-refractivity contribution in [1.29, 1.82) is 0 Å². The van der Waals surface area contributed by atoms with Crippen LogP contribution in [0.3, 0.4) is 0 Å². The Balaban J connectivity index is 3.26. The number of rotatable bonds is 8. The molecule has 0 unspecified atom stereocenters. The quantitative estimate of drug-likeness (QED) is 0.496. The summed E-state index contributed by atoms with van der Waals surface area (Å²) < 4.78 is 0. The van der Waals surface area contributed by atoms with Gasteiger partial charge in [0.15, 0.2) is 0 Å². The van der Waals surface area contributed by atoms with Gasteiger partial charge in [-0.15, -0.1) is 0 Å². The molecule has 0 rings (SSSR count). The Bertz CT molecular complexity index is 87.1. The molecule has 0 saturated carbocycles. The van der Waals surface area contributed by atoms with Crippen LogP contribution in [0.4, 0.5) is 0 Å². The highest BCUT2D eigenvalue weighted by Crippen LogP contribution is 2.18. The van der Waals surface area contributed by atoms with Crippen LogP contribution in [-0.2, 0) is 0 Å². The van der Waals surface area contributed by atoms with Gasteiger partial charge >= 0.3 is 0 Å². The van der Waals surface area contributed by atoms with Crippen LogP contribution in [0.15, 0.2) is 0 Å². The summed E-state index contributed by atoms with van der Waals surface area (Å²) in [6.07, 6.45) is 1.28. The topological polar surface area (TPSA) is 0 Å². The van der Waals surface area contributed by atoms with E-state index < -0.39 is 0 Å². The third-order valence-electron chi connectivity index (χ3n) is 1.30. The molecule has 0 aliphatic rings. The molecule has 4 heteroatoms. The van der Waals surface area contributed by atoms with Gasteiger partial charge in [0.05, 0.1) is 0 Å². The van der Waals surface area contributed by atoms with Gasteiger partial charge in [0.1, 0.15) is 0 Å². The van der Waals surface area contributed by atoms with E-state index in [-0.39, 0.29) is 0 Å². The smallest absolute Gasteiger partial charge is 0.0226 e. The first kappa shape index (κ1) is 13.4. The zero-order valence-electron chi connectivity index (χ0n) is 7.53. The van der Waals surface area contributed by atoms with Crippen LogP contribution in [0.2, 0.25) is 0 Å². The summed E-state index contributed by atoms with van der Waals surface area (Å²) >= 11 is 12.6. The molecule has 0 fully saturated rings. The van der Waals surface area contributed by atoms with Crippen molar-refractivity contribution in [3.63, 3.8) is 0 Å². The van der Waals surface area contributed by atoms with Crippen molar-refractivity contribution in [2.75, 3.05) is 28.8 Å². The predicted octanol–water partition coefficient (Wildman–Crippen LogP) is 3.09. The van der Waals surface area contributed by atoms with Crippen molar-refractivity contribution in [2.24, 2.45) is 0 Å². The molecule has 0 aromatic rings. The van der Waals surface area contributed by atoms with E-state index in [1.54, 1.807) is 0 Å². The van der Waals surface area contributed by atoms with Gasteiger partial charge in [-0.3, -0.25) is 0 Å². The summed E-state index contributed by atoms with van der Waals surface area (Å²) in [5.74, 6) is 5.66. The average molecular weight is 242 g/mol. The van der Waals surface area contributed by atoms with Gasteiger partial charge in [-0.25, -0.2) is 0 Å². The van der Waals surface area contributed by atoms with E-state index in [1.807, 2.05) is 23.5 Å². The van der Waals surface area contributed by atoms with E-state index in [0.717, 1.165) is 22.5 Å². The molecule has 0 nitrogen and oxygen atoms in total. The Hall–Kier alpha value is 1.40. The van der Waals surface area contributed by atoms with Gasteiger partial charge in [0, 0.05) is 22.5 Å². The fraction of sp³-hybridized carbons (Fsp3) is 1.00. The van der Waals surface area contributed by atoms with Crippen molar-refractivity contribution < 1.29 is 0 Å². The van der Waals surface area contributed by atoms with Crippen molar-refractivity contribution in [1.82, 2.24) is 0 Å². The lowest BCUT2D eigenvalue weighted by molar-refractivity contribution is 1.09. The van der Waals surface area contributed by atoms with E-state index in [9.17, 15) is 0 Å². The lowest BCUT2D eigenvalue weighted by atomic mass is 10.5. The molecule has 0 saturated heterocycles. The number of thioether (sulfide) groups is 2. The van der Waals surface area contributed by atoms with Crippen LogP contribution in [0.1, 0.15) is 13.3 Å². The third kappa shape index (κ3) is 8.02. The summed E-state index contributed by atoms with van der Waals surface area (Å²) in [6.45, 7) is 2.23. The predicted molar refractivity (Wildman–Crippen MR) is 71.6 cm³/mol. The zero-order chi connectivity index (χ0) is 9.23. The van der Waals surface area contributed by atoms with Gasteiger partial charge in [0.2, 0.25) is 0 Å². The summed E-state index contributed by atoms with van der Waals surface area (Å²) in [7, 11) is 0. The van der Waals surface area contributed by atoms with E-state index in [4.69, 9.17) is 0 Å². The summed E-state index contributed by atoms with van der Waals surface area (Å²) in [6, 6.07) is 0. The van der Waals surface area contributed by atoms with Crippen molar-refractivity contribution in [2.45, 2.75) is 18.6 Å². The molecule has 0 aliphatic heterocycles. The molecular weight excluding hydrogens is 224 g/mol. The molecule has 12 heavy (non-hydrogen) atoms. The van der Waals surface area contributed by atoms with Crippen LogP contribution < -0.4 is 0 Å². The van der Waals surface area contributed by atoms with Crippen LogP contribution in [0.25, 0.3) is 0 Å². The van der Waals surface area contributed by atoms with Gasteiger partial charge in [-0.2, -0.15) is 48.8 Å². The third-order valence-corrected chi connectivity index (χ3v) is 5.31. The molecule has 0 N–H and O–H groups in total. The van der Waals surface area contributed by atoms with E-state index in [2.05, 4.69) is 32.2 Å². The van der Waals surface area contributed by atoms with Crippen LogP contribution in [0.5, 0.6) is 0 Å². The fourth-order valence-corrected chi connectivity index (χ4v) is 3.72. The van der Waals surface area contributed by atoms with Crippen LogP contribution in [0, 0.1) is 0 Å². The minimum Gasteiger partial charge on any atom is -0.179 e. The minimum atomic E-state index is 0.719. The Morgan fingerprint density at radius 1 is 1.25 bits per heavy atom. The second kappa shape index (κ2) is 10.5. The second-order valence-electron chi connectivity index (χ2n) is 2.47. The first-order valence-corrected chi connectivity index (χ1v) is 7.73. The molecular formula is C8H18S4. The van der Waals surface area contributed by atoms with Crippen molar-refractivity contribution >= 4 is 48.8 Å². The molecule has 0 heterocycles. The monoisotopic (exact) mass is 242 g/mol. The molecule has 0 aliphatic carbocycles. The van der Waals surface area contributed by atoms with Crippen LogP contribution in [-0.4, -0.2) is 34.0 Å². The molecule has 1 atom stereocenters. The molecule has 74 valence electrons. The normalized spacial score (nSPS) is 13.2. The Labute approximate surface area is 95.9 Å².